The second-order valence-electron chi connectivity index (χ2n) is 6.69. The Morgan fingerprint density at radius 1 is 1.21 bits per heavy atom. The van der Waals surface area contributed by atoms with Crippen molar-refractivity contribution in [1.82, 2.24) is 5.01 Å². The predicted octanol–water partition coefficient (Wildman–Crippen LogP) is 4.30. The third-order valence-electron chi connectivity index (χ3n) is 4.94. The number of allylic oxidation sites excluding steroid dienone is 3. The van der Waals surface area contributed by atoms with Gasteiger partial charge in [-0.25, -0.2) is 10.8 Å². The number of benzene rings is 1. The molecule has 0 atom stereocenters. The van der Waals surface area contributed by atoms with Crippen LogP contribution in [0.5, 0.6) is 0 Å². The molecular formula is C20H24N4. The molecule has 4 nitrogen and oxygen atoms in total. The minimum Gasteiger partial charge on any atom is -0.265 e. The molecule has 0 bridgehead atoms. The predicted molar refractivity (Wildman–Crippen MR) is 97.5 cm³/mol. The molecule has 124 valence electrons. The SMILES string of the molecule is C/C(C#N)=C1/N=CC(c2ccc(C)cc2)=C(C2CCCCC2)N1N. The Kier molecular flexibility index (Phi) is 4.82. The van der Waals surface area contributed by atoms with Crippen LogP contribution in [0.3, 0.4) is 0 Å². The summed E-state index contributed by atoms with van der Waals surface area (Å²) in [6.45, 7) is 3.85. The fraction of sp³-hybridized carbons (Fsp3) is 0.400. The number of nitriles is 1. The van der Waals surface area contributed by atoms with E-state index in [-0.39, 0.29) is 0 Å². The van der Waals surface area contributed by atoms with E-state index >= 15 is 0 Å². The van der Waals surface area contributed by atoms with E-state index in [1.807, 2.05) is 6.21 Å². The molecule has 0 unspecified atom stereocenters. The van der Waals surface area contributed by atoms with E-state index in [0.717, 1.165) is 29.7 Å². The van der Waals surface area contributed by atoms with Crippen LogP contribution in [-0.4, -0.2) is 11.2 Å². The van der Waals surface area contributed by atoms with Gasteiger partial charge in [-0.15, -0.1) is 0 Å². The zero-order valence-corrected chi connectivity index (χ0v) is 14.4. The highest BCUT2D eigenvalue weighted by atomic mass is 15.5. The summed E-state index contributed by atoms with van der Waals surface area (Å²) in [7, 11) is 0. The summed E-state index contributed by atoms with van der Waals surface area (Å²) in [5.74, 6) is 7.43. The first-order valence-corrected chi connectivity index (χ1v) is 8.63. The molecule has 1 heterocycles. The second-order valence-corrected chi connectivity index (χ2v) is 6.69. The number of rotatable bonds is 2. The van der Waals surface area contributed by atoms with Crippen molar-refractivity contribution in [2.24, 2.45) is 16.8 Å². The van der Waals surface area contributed by atoms with E-state index in [1.54, 1.807) is 11.9 Å². The van der Waals surface area contributed by atoms with Gasteiger partial charge >= 0.3 is 0 Å². The molecule has 0 aromatic heterocycles. The molecule has 3 rings (SSSR count). The number of hydrogen-bond acceptors (Lipinski definition) is 4. The van der Waals surface area contributed by atoms with E-state index in [9.17, 15) is 5.26 Å². The lowest BCUT2D eigenvalue weighted by Crippen LogP contribution is -2.37. The quantitative estimate of drug-likeness (QED) is 0.652. The maximum Gasteiger partial charge on any atom is 0.160 e. The standard InChI is InChI=1S/C20H24N4/c1-14-8-10-16(11-9-14)18-13-23-20(15(2)12-21)24(22)19(18)17-6-4-3-5-7-17/h8-11,13,17H,3-7,22H2,1-2H3/b20-15+. The molecule has 2 aliphatic rings. The van der Waals surface area contributed by atoms with Crippen molar-refractivity contribution in [3.05, 3.63) is 52.5 Å². The van der Waals surface area contributed by atoms with E-state index < -0.39 is 0 Å². The number of nitrogens with two attached hydrogens (primary N) is 1. The van der Waals surface area contributed by atoms with Gasteiger partial charge in [0, 0.05) is 23.4 Å². The zero-order chi connectivity index (χ0) is 17.1. The smallest absolute Gasteiger partial charge is 0.160 e. The number of hydrazine groups is 1. The first-order chi connectivity index (χ1) is 11.6. The van der Waals surface area contributed by atoms with E-state index in [2.05, 4.69) is 42.3 Å². The van der Waals surface area contributed by atoms with Gasteiger partial charge < -0.3 is 0 Å². The fourth-order valence-electron chi connectivity index (χ4n) is 3.57. The van der Waals surface area contributed by atoms with Crippen molar-refractivity contribution >= 4 is 11.8 Å². The Balaban J connectivity index is 2.11. The molecule has 2 N–H and O–H groups in total. The van der Waals surface area contributed by atoms with Gasteiger partial charge in [-0.3, -0.25) is 5.01 Å². The van der Waals surface area contributed by atoms with E-state index in [0.29, 0.717) is 17.3 Å². The van der Waals surface area contributed by atoms with E-state index in [4.69, 9.17) is 5.84 Å². The molecule has 0 amide bonds. The van der Waals surface area contributed by atoms with Gasteiger partial charge in [0.15, 0.2) is 5.82 Å². The van der Waals surface area contributed by atoms with Crippen LogP contribution in [0.1, 0.15) is 50.2 Å². The van der Waals surface area contributed by atoms with Crippen molar-refractivity contribution in [3.8, 4) is 6.07 Å². The van der Waals surface area contributed by atoms with Crippen molar-refractivity contribution < 1.29 is 0 Å². The van der Waals surface area contributed by atoms with Crippen LogP contribution in [-0.2, 0) is 0 Å². The number of nitrogens with zero attached hydrogens (tertiary/aromatic N) is 3. The Hall–Kier alpha value is -2.38. The Morgan fingerprint density at radius 2 is 1.88 bits per heavy atom. The molecule has 1 fully saturated rings. The van der Waals surface area contributed by atoms with Crippen molar-refractivity contribution in [2.75, 3.05) is 0 Å². The van der Waals surface area contributed by atoms with Crippen LogP contribution in [0, 0.1) is 24.2 Å². The van der Waals surface area contributed by atoms with Gasteiger partial charge in [0.25, 0.3) is 0 Å². The van der Waals surface area contributed by atoms with Gasteiger partial charge in [-0.2, -0.15) is 5.26 Å². The molecule has 0 saturated heterocycles. The van der Waals surface area contributed by atoms with Gasteiger partial charge in [-0.05, 0) is 32.3 Å². The zero-order valence-electron chi connectivity index (χ0n) is 14.4. The highest BCUT2D eigenvalue weighted by Crippen LogP contribution is 2.38. The normalized spacial score (nSPS) is 21.0. The lowest BCUT2D eigenvalue weighted by Gasteiger charge is -2.35. The average Bonchev–Trinajstić information content (AvgIpc) is 2.62. The monoisotopic (exact) mass is 320 g/mol. The Bertz CT molecular complexity index is 741. The fourth-order valence-corrected chi connectivity index (χ4v) is 3.57. The Labute approximate surface area is 144 Å². The van der Waals surface area contributed by atoms with Crippen molar-refractivity contribution in [3.63, 3.8) is 0 Å². The van der Waals surface area contributed by atoms with E-state index in [1.165, 1.54) is 24.8 Å². The van der Waals surface area contributed by atoms with Crippen LogP contribution < -0.4 is 5.84 Å². The Morgan fingerprint density at radius 3 is 2.50 bits per heavy atom. The van der Waals surface area contributed by atoms with Gasteiger partial charge in [0.05, 0.1) is 11.6 Å². The van der Waals surface area contributed by atoms with Crippen LogP contribution in [0.25, 0.3) is 5.57 Å². The molecule has 1 saturated carbocycles. The molecular weight excluding hydrogens is 296 g/mol. The maximum atomic E-state index is 9.23. The molecule has 1 aromatic carbocycles. The number of aryl methyl sites for hydroxylation is 1. The summed E-state index contributed by atoms with van der Waals surface area (Å²) < 4.78 is 0. The van der Waals surface area contributed by atoms with Crippen molar-refractivity contribution in [1.29, 1.82) is 5.26 Å². The average molecular weight is 320 g/mol. The highest BCUT2D eigenvalue weighted by Gasteiger charge is 2.29. The summed E-state index contributed by atoms with van der Waals surface area (Å²) in [4.78, 5) is 4.48. The van der Waals surface area contributed by atoms with Crippen LogP contribution >= 0.6 is 0 Å². The number of hydrogen-bond donors (Lipinski definition) is 1. The summed E-state index contributed by atoms with van der Waals surface area (Å²) >= 11 is 0. The van der Waals surface area contributed by atoms with Crippen LogP contribution in [0.15, 0.2) is 46.3 Å². The van der Waals surface area contributed by atoms with Crippen LogP contribution in [0.4, 0.5) is 0 Å². The molecule has 0 radical (unpaired) electrons. The lowest BCUT2D eigenvalue weighted by molar-refractivity contribution is 0.311. The minimum absolute atomic E-state index is 0.424. The molecule has 24 heavy (non-hydrogen) atoms. The minimum atomic E-state index is 0.424. The van der Waals surface area contributed by atoms with Crippen LogP contribution in [0.2, 0.25) is 0 Å². The molecule has 0 spiro atoms. The van der Waals surface area contributed by atoms with Gasteiger partial charge in [-0.1, -0.05) is 49.1 Å². The molecule has 1 aliphatic heterocycles. The molecule has 4 heteroatoms. The third kappa shape index (κ3) is 3.13. The maximum absolute atomic E-state index is 9.23. The number of aliphatic imine (C=N–C) groups is 1. The van der Waals surface area contributed by atoms with Crippen molar-refractivity contribution in [2.45, 2.75) is 46.0 Å². The summed E-state index contributed by atoms with van der Waals surface area (Å²) in [5.41, 5.74) is 5.10. The molecule has 1 aromatic rings. The largest absolute Gasteiger partial charge is 0.265 e. The second kappa shape index (κ2) is 7.02. The highest BCUT2D eigenvalue weighted by molar-refractivity contribution is 6.12. The topological polar surface area (TPSA) is 65.4 Å². The first kappa shape index (κ1) is 16.5. The van der Waals surface area contributed by atoms with Gasteiger partial charge in [0.2, 0.25) is 0 Å². The summed E-state index contributed by atoms with van der Waals surface area (Å²) in [6.07, 6.45) is 7.93. The first-order valence-electron chi connectivity index (χ1n) is 8.63. The van der Waals surface area contributed by atoms with Gasteiger partial charge in [0.1, 0.15) is 0 Å². The summed E-state index contributed by atoms with van der Waals surface area (Å²) in [6, 6.07) is 10.6. The molecule has 1 aliphatic carbocycles. The summed E-state index contributed by atoms with van der Waals surface area (Å²) in [5, 5.41) is 10.9. The third-order valence-corrected chi connectivity index (χ3v) is 4.94. The lowest BCUT2D eigenvalue weighted by atomic mass is 9.83.